The van der Waals surface area contributed by atoms with E-state index in [4.69, 9.17) is 28.4 Å². The summed E-state index contributed by atoms with van der Waals surface area (Å²) in [6.07, 6.45) is 33.8. The Balaban J connectivity index is 1.79. The normalized spacial score (nSPS) is 26.5. The summed E-state index contributed by atoms with van der Waals surface area (Å²) in [7, 11) is 0. The first kappa shape index (κ1) is 61.5. The summed E-state index contributed by atoms with van der Waals surface area (Å²) in [6, 6.07) is 0. The first-order chi connectivity index (χ1) is 33.1. The van der Waals surface area contributed by atoms with Crippen LogP contribution < -0.4 is 0 Å². The van der Waals surface area contributed by atoms with Crippen molar-refractivity contribution in [3.05, 3.63) is 72.9 Å². The monoisotopic (exact) mass is 965 g/mol. The van der Waals surface area contributed by atoms with Crippen molar-refractivity contribution in [2.45, 2.75) is 229 Å². The number of carbonyl (C=O) groups excluding carboxylic acids is 1. The molecular weight excluding hydrogens is 873 g/mol. The zero-order valence-electron chi connectivity index (χ0n) is 41.6. The van der Waals surface area contributed by atoms with Crippen LogP contribution in [0, 0.1) is 0 Å². The van der Waals surface area contributed by atoms with Gasteiger partial charge in [-0.2, -0.15) is 0 Å². The van der Waals surface area contributed by atoms with E-state index in [9.17, 15) is 40.5 Å². The maximum Gasteiger partial charge on any atom is 0.306 e. The predicted molar refractivity (Wildman–Crippen MR) is 265 cm³/mol. The molecular formula is C54H92O14. The lowest BCUT2D eigenvalue weighted by Gasteiger charge is -2.42. The van der Waals surface area contributed by atoms with Gasteiger partial charge in [0.05, 0.1) is 26.4 Å². The quantitative estimate of drug-likeness (QED) is 0.0177. The largest absolute Gasteiger partial charge is 0.457 e. The third-order valence-corrected chi connectivity index (χ3v) is 11.9. The van der Waals surface area contributed by atoms with Crippen LogP contribution in [0.4, 0.5) is 0 Å². The van der Waals surface area contributed by atoms with E-state index in [1.165, 1.54) is 44.9 Å². The Morgan fingerprint density at radius 2 is 0.956 bits per heavy atom. The van der Waals surface area contributed by atoms with Crippen molar-refractivity contribution in [1.29, 1.82) is 0 Å². The number of hydrogen-bond donors (Lipinski definition) is 7. The van der Waals surface area contributed by atoms with E-state index in [1.807, 2.05) is 0 Å². The summed E-state index contributed by atoms with van der Waals surface area (Å²) in [5.74, 6) is -0.406. The van der Waals surface area contributed by atoms with Gasteiger partial charge >= 0.3 is 5.97 Å². The van der Waals surface area contributed by atoms with E-state index in [0.717, 1.165) is 89.9 Å². The Morgan fingerprint density at radius 1 is 0.500 bits per heavy atom. The number of aliphatic hydroxyl groups is 7. The second-order valence-corrected chi connectivity index (χ2v) is 18.0. The highest BCUT2D eigenvalue weighted by Gasteiger charge is 2.47. The number of aliphatic hydroxyl groups excluding tert-OH is 7. The number of hydrogen-bond acceptors (Lipinski definition) is 14. The number of ether oxygens (including phenoxy) is 6. The highest BCUT2D eigenvalue weighted by molar-refractivity contribution is 5.69. The fourth-order valence-electron chi connectivity index (χ4n) is 7.72. The van der Waals surface area contributed by atoms with E-state index in [1.54, 1.807) is 0 Å². The molecule has 68 heavy (non-hydrogen) atoms. The van der Waals surface area contributed by atoms with Crippen LogP contribution >= 0.6 is 0 Å². The molecule has 0 aromatic heterocycles. The molecule has 0 aromatic rings. The fraction of sp³-hybridized carbons (Fsp3) is 0.759. The molecule has 0 aromatic carbocycles. The summed E-state index contributed by atoms with van der Waals surface area (Å²) >= 11 is 0. The van der Waals surface area contributed by atoms with Crippen molar-refractivity contribution in [2.24, 2.45) is 0 Å². The molecule has 0 saturated carbocycles. The van der Waals surface area contributed by atoms with Gasteiger partial charge < -0.3 is 64.2 Å². The summed E-state index contributed by atoms with van der Waals surface area (Å²) in [5.41, 5.74) is 0. The van der Waals surface area contributed by atoms with Gasteiger partial charge in [-0.15, -0.1) is 0 Å². The number of carbonyl (C=O) groups is 1. The number of allylic oxidation sites excluding steroid dienone is 12. The van der Waals surface area contributed by atoms with Crippen molar-refractivity contribution < 1.29 is 69.0 Å². The average Bonchev–Trinajstić information content (AvgIpc) is 3.33. The Hall–Kier alpha value is -2.57. The maximum atomic E-state index is 13.0. The van der Waals surface area contributed by atoms with Gasteiger partial charge in [-0.05, 0) is 83.5 Å². The van der Waals surface area contributed by atoms with E-state index < -0.39 is 86.7 Å². The second-order valence-electron chi connectivity index (χ2n) is 18.0. The third-order valence-electron chi connectivity index (χ3n) is 11.9. The number of rotatable bonds is 40. The predicted octanol–water partition coefficient (Wildman–Crippen LogP) is 7.90. The Labute approximate surface area is 408 Å². The molecule has 0 spiro atoms. The lowest BCUT2D eigenvalue weighted by molar-refractivity contribution is -0.332. The second kappa shape index (κ2) is 41.1. The van der Waals surface area contributed by atoms with Gasteiger partial charge in [0.2, 0.25) is 0 Å². The Kier molecular flexibility index (Phi) is 37.2. The topological polar surface area (TPSA) is 214 Å². The number of unbranched alkanes of at least 4 members (excludes halogenated alkanes) is 14. The highest BCUT2D eigenvalue weighted by atomic mass is 16.7. The van der Waals surface area contributed by atoms with Crippen molar-refractivity contribution in [1.82, 2.24) is 0 Å². The van der Waals surface area contributed by atoms with Crippen LogP contribution in [0.3, 0.4) is 0 Å². The van der Waals surface area contributed by atoms with Gasteiger partial charge in [-0.1, -0.05) is 145 Å². The van der Waals surface area contributed by atoms with Gasteiger partial charge in [-0.25, -0.2) is 0 Å². The number of esters is 1. The fourth-order valence-corrected chi connectivity index (χ4v) is 7.72. The molecule has 2 heterocycles. The molecule has 0 amide bonds. The zero-order valence-corrected chi connectivity index (χ0v) is 41.6. The molecule has 2 rings (SSSR count). The standard InChI is InChI=1S/C54H92O14/c1-3-5-7-9-11-13-15-17-19-21-23-25-27-29-31-33-35-37-46(56)66-43(40-63-38-36-34-32-30-28-26-24-22-20-18-16-14-12-10-8-6-4-2)41-64-53-52(62)50(60)48(58)45(68-53)42-65-54-51(61)49(59)47(57)44(39-55)67-54/h5,7,11,13-14,16-17,19-20,22-23,25,43-45,47-55,57-62H,3-4,6,8-10,12,15,18,21,24,26-42H2,1-2H3/b7-5-,13-11-,16-14-,19-17-,22-20-,25-23-. The van der Waals surface area contributed by atoms with Crippen LogP contribution in [0.5, 0.6) is 0 Å². The van der Waals surface area contributed by atoms with Crippen molar-refractivity contribution in [3.8, 4) is 0 Å². The highest BCUT2D eigenvalue weighted by Crippen LogP contribution is 2.26. The molecule has 2 saturated heterocycles. The van der Waals surface area contributed by atoms with Crippen LogP contribution in [0.1, 0.15) is 162 Å². The Morgan fingerprint density at radius 3 is 1.50 bits per heavy atom. The van der Waals surface area contributed by atoms with Crippen LogP contribution in [-0.2, 0) is 33.2 Å². The molecule has 7 N–H and O–H groups in total. The molecule has 2 aliphatic rings. The molecule has 392 valence electrons. The van der Waals surface area contributed by atoms with Crippen LogP contribution in [0.25, 0.3) is 0 Å². The van der Waals surface area contributed by atoms with Gasteiger partial charge in [-0.3, -0.25) is 4.79 Å². The van der Waals surface area contributed by atoms with Crippen molar-refractivity contribution in [3.63, 3.8) is 0 Å². The van der Waals surface area contributed by atoms with Gasteiger partial charge in [0.25, 0.3) is 0 Å². The average molecular weight is 965 g/mol. The molecule has 0 bridgehead atoms. The van der Waals surface area contributed by atoms with Crippen LogP contribution in [-0.4, -0.2) is 142 Å². The summed E-state index contributed by atoms with van der Waals surface area (Å²) in [5, 5.41) is 72.2. The van der Waals surface area contributed by atoms with E-state index >= 15 is 0 Å². The maximum absolute atomic E-state index is 13.0. The van der Waals surface area contributed by atoms with E-state index in [2.05, 4.69) is 86.8 Å². The first-order valence-corrected chi connectivity index (χ1v) is 26.0. The van der Waals surface area contributed by atoms with Crippen LogP contribution in [0.2, 0.25) is 0 Å². The summed E-state index contributed by atoms with van der Waals surface area (Å²) in [4.78, 5) is 13.0. The lowest BCUT2D eigenvalue weighted by atomic mass is 9.98. The molecule has 11 atom stereocenters. The lowest BCUT2D eigenvalue weighted by Crippen LogP contribution is -2.61. The Bertz CT molecular complexity index is 1400. The van der Waals surface area contributed by atoms with Crippen molar-refractivity contribution >= 4 is 5.97 Å². The van der Waals surface area contributed by atoms with Crippen molar-refractivity contribution in [2.75, 3.05) is 33.0 Å². The zero-order chi connectivity index (χ0) is 49.5. The molecule has 2 aliphatic heterocycles. The molecule has 0 radical (unpaired) electrons. The van der Waals surface area contributed by atoms with E-state index in [0.29, 0.717) is 13.0 Å². The molecule has 14 nitrogen and oxygen atoms in total. The SMILES string of the molecule is CC/C=C\C/C=C\C/C=C\C/C=C\CCCCCCC(=O)OC(COCCCCCCCC/C=C\C/C=C\CCCCCC)COC1OC(COC2OC(CO)C(O)C(O)C2O)C(O)C(O)C1O. The first-order valence-electron chi connectivity index (χ1n) is 26.0. The van der Waals surface area contributed by atoms with Crippen LogP contribution in [0.15, 0.2) is 72.9 Å². The van der Waals surface area contributed by atoms with E-state index in [-0.39, 0.29) is 19.6 Å². The minimum Gasteiger partial charge on any atom is -0.457 e. The molecule has 14 heteroatoms. The third kappa shape index (κ3) is 28.3. The minimum absolute atomic E-state index is 0.0403. The smallest absolute Gasteiger partial charge is 0.306 e. The van der Waals surface area contributed by atoms with Gasteiger partial charge in [0.15, 0.2) is 12.6 Å². The summed E-state index contributed by atoms with van der Waals surface area (Å²) < 4.78 is 34.2. The van der Waals surface area contributed by atoms with Gasteiger partial charge in [0, 0.05) is 13.0 Å². The molecule has 2 fully saturated rings. The summed E-state index contributed by atoms with van der Waals surface area (Å²) in [6.45, 7) is 3.48. The molecule has 11 unspecified atom stereocenters. The molecule has 0 aliphatic carbocycles. The minimum atomic E-state index is -1.72. The van der Waals surface area contributed by atoms with Gasteiger partial charge in [0.1, 0.15) is 54.9 Å².